The summed E-state index contributed by atoms with van der Waals surface area (Å²) in [5.41, 5.74) is 4.23. The van der Waals surface area contributed by atoms with Gasteiger partial charge < -0.3 is 4.74 Å². The zero-order valence-corrected chi connectivity index (χ0v) is 14.8. The minimum Gasteiger partial charge on any atom is -0.496 e. The molecule has 22 heavy (non-hydrogen) atoms. The summed E-state index contributed by atoms with van der Waals surface area (Å²) >= 11 is 1.92. The highest BCUT2D eigenvalue weighted by Gasteiger charge is 2.13. The van der Waals surface area contributed by atoms with Crippen molar-refractivity contribution < 1.29 is 4.74 Å². The van der Waals surface area contributed by atoms with Crippen molar-refractivity contribution in [3.8, 4) is 5.75 Å². The molecular formula is C20H24OS. The van der Waals surface area contributed by atoms with E-state index in [1.54, 1.807) is 7.11 Å². The van der Waals surface area contributed by atoms with Crippen LogP contribution in [0, 0.1) is 13.8 Å². The Morgan fingerprint density at radius 3 is 2.27 bits per heavy atom. The van der Waals surface area contributed by atoms with Crippen LogP contribution in [-0.2, 0) is 6.42 Å². The molecule has 1 heterocycles. The van der Waals surface area contributed by atoms with Gasteiger partial charge in [0.1, 0.15) is 5.75 Å². The van der Waals surface area contributed by atoms with Crippen LogP contribution in [0.4, 0.5) is 0 Å². The van der Waals surface area contributed by atoms with Gasteiger partial charge in [-0.05, 0) is 49.9 Å². The number of hydrogen-bond acceptors (Lipinski definition) is 2. The fourth-order valence-electron chi connectivity index (χ4n) is 3.25. The number of ether oxygens (including phenoxy) is 1. The first-order valence-corrected chi connectivity index (χ1v) is 8.97. The molecule has 0 saturated carbocycles. The van der Waals surface area contributed by atoms with E-state index in [4.69, 9.17) is 4.74 Å². The van der Waals surface area contributed by atoms with Crippen LogP contribution < -0.4 is 4.74 Å². The standard InChI is InChI=1S/C20H24OS/c1-5-6-7-8-15-9-10-16-17-11-12-18(21-4)14(3)20(17)22-19(16)13(15)2/h9-12H,5-8H2,1-4H3. The van der Waals surface area contributed by atoms with Crippen molar-refractivity contribution in [3.63, 3.8) is 0 Å². The van der Waals surface area contributed by atoms with Gasteiger partial charge in [0.25, 0.3) is 0 Å². The quantitative estimate of drug-likeness (QED) is 0.494. The molecule has 2 heteroatoms. The van der Waals surface area contributed by atoms with Crippen LogP contribution >= 0.6 is 11.3 Å². The number of methoxy groups -OCH3 is 1. The molecular weight excluding hydrogens is 288 g/mol. The number of benzene rings is 2. The van der Waals surface area contributed by atoms with Gasteiger partial charge in [-0.2, -0.15) is 0 Å². The lowest BCUT2D eigenvalue weighted by molar-refractivity contribution is 0.412. The second kappa shape index (κ2) is 6.29. The van der Waals surface area contributed by atoms with E-state index in [0.717, 1.165) is 5.75 Å². The van der Waals surface area contributed by atoms with Gasteiger partial charge in [0.2, 0.25) is 0 Å². The van der Waals surface area contributed by atoms with Crippen LogP contribution in [0.1, 0.15) is 42.9 Å². The van der Waals surface area contributed by atoms with Gasteiger partial charge in [0.05, 0.1) is 7.11 Å². The van der Waals surface area contributed by atoms with E-state index in [1.165, 1.54) is 62.5 Å². The molecule has 0 aliphatic heterocycles. The molecule has 3 aromatic rings. The molecule has 1 nitrogen and oxygen atoms in total. The molecule has 1 aromatic heterocycles. The normalized spacial score (nSPS) is 11.5. The van der Waals surface area contributed by atoms with Crippen LogP contribution in [0.15, 0.2) is 24.3 Å². The van der Waals surface area contributed by atoms with Crippen LogP contribution in [-0.4, -0.2) is 7.11 Å². The van der Waals surface area contributed by atoms with E-state index in [1.807, 2.05) is 11.3 Å². The first kappa shape index (κ1) is 15.4. The van der Waals surface area contributed by atoms with Crippen molar-refractivity contribution in [1.82, 2.24) is 0 Å². The van der Waals surface area contributed by atoms with Gasteiger partial charge in [-0.15, -0.1) is 11.3 Å². The molecule has 116 valence electrons. The average molecular weight is 312 g/mol. The summed E-state index contributed by atoms with van der Waals surface area (Å²) < 4.78 is 8.28. The van der Waals surface area contributed by atoms with E-state index in [0.29, 0.717) is 0 Å². The summed E-state index contributed by atoms with van der Waals surface area (Å²) in [5.74, 6) is 0.986. The van der Waals surface area contributed by atoms with Crippen molar-refractivity contribution in [2.45, 2.75) is 46.5 Å². The van der Waals surface area contributed by atoms with Gasteiger partial charge in [-0.1, -0.05) is 31.9 Å². The molecule has 3 rings (SSSR count). The summed E-state index contributed by atoms with van der Waals surface area (Å²) in [6.07, 6.45) is 5.09. The summed E-state index contributed by atoms with van der Waals surface area (Å²) in [6.45, 7) is 6.71. The Morgan fingerprint density at radius 1 is 0.909 bits per heavy atom. The summed E-state index contributed by atoms with van der Waals surface area (Å²) in [5, 5.41) is 2.75. The highest BCUT2D eigenvalue weighted by Crippen LogP contribution is 2.41. The number of thiophene rings is 1. The second-order valence-electron chi connectivity index (χ2n) is 6.06. The van der Waals surface area contributed by atoms with E-state index in [9.17, 15) is 0 Å². The predicted molar refractivity (Wildman–Crippen MR) is 98.6 cm³/mol. The Balaban J connectivity index is 2.14. The van der Waals surface area contributed by atoms with Crippen LogP contribution in [0.5, 0.6) is 5.75 Å². The average Bonchev–Trinajstić information content (AvgIpc) is 2.91. The van der Waals surface area contributed by atoms with Crippen LogP contribution in [0.25, 0.3) is 20.2 Å². The van der Waals surface area contributed by atoms with E-state index < -0.39 is 0 Å². The first-order chi connectivity index (χ1) is 10.7. The molecule has 0 spiro atoms. The highest BCUT2D eigenvalue weighted by molar-refractivity contribution is 7.26. The smallest absolute Gasteiger partial charge is 0.123 e. The Bertz CT molecular complexity index is 814. The molecule has 0 fully saturated rings. The fraction of sp³-hybridized carbons (Fsp3) is 0.400. The maximum Gasteiger partial charge on any atom is 0.123 e. The monoisotopic (exact) mass is 312 g/mol. The third kappa shape index (κ3) is 2.50. The predicted octanol–water partition coefficient (Wildman–Crippen LogP) is 6.41. The molecule has 0 aliphatic rings. The maximum atomic E-state index is 5.48. The molecule has 0 aliphatic carbocycles. The zero-order chi connectivity index (χ0) is 15.7. The molecule has 0 radical (unpaired) electrons. The topological polar surface area (TPSA) is 9.23 Å². The number of aryl methyl sites for hydroxylation is 3. The second-order valence-corrected chi connectivity index (χ2v) is 7.08. The van der Waals surface area contributed by atoms with Gasteiger partial charge >= 0.3 is 0 Å². The van der Waals surface area contributed by atoms with Gasteiger partial charge in [-0.3, -0.25) is 0 Å². The number of rotatable bonds is 5. The maximum absolute atomic E-state index is 5.48. The third-order valence-electron chi connectivity index (χ3n) is 4.64. The highest BCUT2D eigenvalue weighted by atomic mass is 32.1. The van der Waals surface area contributed by atoms with Crippen molar-refractivity contribution in [3.05, 3.63) is 41.0 Å². The molecule has 0 unspecified atom stereocenters. The minimum atomic E-state index is 0.986. The molecule has 0 amide bonds. The number of unbranched alkanes of at least 4 members (excludes halogenated alkanes) is 2. The largest absolute Gasteiger partial charge is 0.496 e. The lowest BCUT2D eigenvalue weighted by atomic mass is 9.99. The summed E-state index contributed by atoms with van der Waals surface area (Å²) in [6, 6.07) is 8.94. The number of fused-ring (bicyclic) bond motifs is 3. The third-order valence-corrected chi connectivity index (χ3v) is 6.10. The Labute approximate surface area is 136 Å². The first-order valence-electron chi connectivity index (χ1n) is 8.15. The lowest BCUT2D eigenvalue weighted by Crippen LogP contribution is -1.89. The van der Waals surface area contributed by atoms with E-state index >= 15 is 0 Å². The number of hydrogen-bond donors (Lipinski definition) is 0. The molecule has 0 bridgehead atoms. The van der Waals surface area contributed by atoms with Crippen molar-refractivity contribution in [2.75, 3.05) is 7.11 Å². The van der Waals surface area contributed by atoms with Crippen molar-refractivity contribution in [1.29, 1.82) is 0 Å². The molecule has 2 aromatic carbocycles. The Hall–Kier alpha value is -1.54. The molecule has 0 saturated heterocycles. The van der Waals surface area contributed by atoms with E-state index in [-0.39, 0.29) is 0 Å². The minimum absolute atomic E-state index is 0.986. The van der Waals surface area contributed by atoms with Gasteiger partial charge in [0.15, 0.2) is 0 Å². The lowest BCUT2D eigenvalue weighted by Gasteiger charge is -2.06. The van der Waals surface area contributed by atoms with Crippen LogP contribution in [0.3, 0.4) is 0 Å². The molecule has 0 N–H and O–H groups in total. The van der Waals surface area contributed by atoms with Gasteiger partial charge in [-0.25, -0.2) is 0 Å². The summed E-state index contributed by atoms with van der Waals surface area (Å²) in [4.78, 5) is 0. The van der Waals surface area contributed by atoms with Crippen molar-refractivity contribution >= 4 is 31.5 Å². The van der Waals surface area contributed by atoms with Crippen molar-refractivity contribution in [2.24, 2.45) is 0 Å². The Morgan fingerprint density at radius 2 is 1.59 bits per heavy atom. The SMILES string of the molecule is CCCCCc1ccc2c(sc3c(C)c(OC)ccc32)c1C. The molecule has 0 atom stereocenters. The van der Waals surface area contributed by atoms with Crippen LogP contribution in [0.2, 0.25) is 0 Å². The Kier molecular flexibility index (Phi) is 4.39. The fourth-order valence-corrected chi connectivity index (χ4v) is 4.57. The van der Waals surface area contributed by atoms with Gasteiger partial charge in [0, 0.05) is 25.7 Å². The zero-order valence-electron chi connectivity index (χ0n) is 14.0. The van der Waals surface area contributed by atoms with E-state index in [2.05, 4.69) is 45.0 Å². The summed E-state index contributed by atoms with van der Waals surface area (Å²) in [7, 11) is 1.75.